The second-order valence-electron chi connectivity index (χ2n) is 6.99. The van der Waals surface area contributed by atoms with Gasteiger partial charge in [-0.25, -0.2) is 9.37 Å². The summed E-state index contributed by atoms with van der Waals surface area (Å²) in [7, 11) is 3.06. The van der Waals surface area contributed by atoms with Crippen molar-refractivity contribution >= 4 is 55.9 Å². The van der Waals surface area contributed by atoms with Gasteiger partial charge in [0.1, 0.15) is 5.82 Å². The van der Waals surface area contributed by atoms with E-state index in [1.165, 1.54) is 49.5 Å². The molecule has 7 nitrogen and oxygen atoms in total. The van der Waals surface area contributed by atoms with E-state index in [1.54, 1.807) is 48.5 Å². The van der Waals surface area contributed by atoms with Crippen molar-refractivity contribution in [2.45, 2.75) is 4.90 Å². The van der Waals surface area contributed by atoms with Crippen LogP contribution in [0.15, 0.2) is 65.6 Å². The minimum atomic E-state index is -0.359. The molecule has 1 aromatic heterocycles. The lowest BCUT2D eigenvalue weighted by Gasteiger charge is -2.11. The van der Waals surface area contributed by atoms with Crippen molar-refractivity contribution in [2.75, 3.05) is 30.6 Å². The van der Waals surface area contributed by atoms with Gasteiger partial charge in [0.25, 0.3) is 5.91 Å². The number of nitrogens with one attached hydrogen (secondary N) is 2. The van der Waals surface area contributed by atoms with Crippen LogP contribution in [0.3, 0.4) is 0 Å². The van der Waals surface area contributed by atoms with Crippen LogP contribution in [0.5, 0.6) is 11.5 Å². The maximum absolute atomic E-state index is 13.4. The zero-order valence-electron chi connectivity index (χ0n) is 18.3. The van der Waals surface area contributed by atoms with Gasteiger partial charge in [0.15, 0.2) is 16.6 Å². The summed E-state index contributed by atoms with van der Waals surface area (Å²) >= 11 is 2.43. The standard InChI is InChI=1S/C24H20FN3O4S2/c1-31-18-10-8-15(12-19(18)32-2)26-22(29)13-33-20-6-4-3-5-16(20)23(30)28-24-27-17-9-7-14(25)11-21(17)34-24/h3-12H,13H2,1-2H3,(H,26,29)(H,27,28,30). The SMILES string of the molecule is COc1ccc(NC(=O)CSc2ccccc2C(=O)Nc2nc3ccc(F)cc3s2)cc1OC. The number of carbonyl (C=O) groups excluding carboxylic acids is 2. The molecule has 0 saturated heterocycles. The van der Waals surface area contributed by atoms with Crippen molar-refractivity contribution < 1.29 is 23.5 Å². The molecular weight excluding hydrogens is 477 g/mol. The fourth-order valence-corrected chi connectivity index (χ4v) is 4.89. The molecule has 0 atom stereocenters. The molecule has 0 unspecified atom stereocenters. The number of anilines is 2. The molecule has 3 aromatic carbocycles. The molecule has 1 heterocycles. The second-order valence-corrected chi connectivity index (χ2v) is 9.04. The van der Waals surface area contributed by atoms with Gasteiger partial charge < -0.3 is 14.8 Å². The van der Waals surface area contributed by atoms with Gasteiger partial charge >= 0.3 is 0 Å². The lowest BCUT2D eigenvalue weighted by atomic mass is 10.2. The first-order valence-electron chi connectivity index (χ1n) is 10.1. The maximum atomic E-state index is 13.4. The molecular formula is C24H20FN3O4S2. The molecule has 0 spiro atoms. The van der Waals surface area contributed by atoms with E-state index >= 15 is 0 Å². The fraction of sp³-hybridized carbons (Fsp3) is 0.125. The Morgan fingerprint density at radius 2 is 1.79 bits per heavy atom. The Balaban J connectivity index is 1.41. The van der Waals surface area contributed by atoms with Gasteiger partial charge in [-0.1, -0.05) is 23.5 Å². The first kappa shape index (κ1) is 23.5. The Morgan fingerprint density at radius 3 is 2.59 bits per heavy atom. The summed E-state index contributed by atoms with van der Waals surface area (Å²) < 4.78 is 24.5. The zero-order valence-corrected chi connectivity index (χ0v) is 19.9. The van der Waals surface area contributed by atoms with Crippen LogP contribution in [0.25, 0.3) is 10.2 Å². The average molecular weight is 498 g/mol. The third kappa shape index (κ3) is 5.46. The van der Waals surface area contributed by atoms with Gasteiger partial charge in [0.2, 0.25) is 5.91 Å². The minimum absolute atomic E-state index is 0.0963. The van der Waals surface area contributed by atoms with Crippen molar-refractivity contribution in [1.29, 1.82) is 0 Å². The summed E-state index contributed by atoms with van der Waals surface area (Å²) in [5.74, 6) is 0.213. The van der Waals surface area contributed by atoms with Gasteiger partial charge in [-0.15, -0.1) is 11.8 Å². The van der Waals surface area contributed by atoms with Crippen LogP contribution in [-0.2, 0) is 4.79 Å². The molecule has 2 N–H and O–H groups in total. The second kappa shape index (κ2) is 10.5. The predicted octanol–water partition coefficient (Wildman–Crippen LogP) is 5.44. The lowest BCUT2D eigenvalue weighted by molar-refractivity contribution is -0.113. The number of hydrogen-bond donors (Lipinski definition) is 2. The first-order valence-corrected chi connectivity index (χ1v) is 11.9. The van der Waals surface area contributed by atoms with Crippen LogP contribution in [0, 0.1) is 5.82 Å². The molecule has 0 bridgehead atoms. The van der Waals surface area contributed by atoms with Gasteiger partial charge in [-0.05, 0) is 42.5 Å². The van der Waals surface area contributed by atoms with Gasteiger partial charge in [-0.2, -0.15) is 0 Å². The highest BCUT2D eigenvalue weighted by atomic mass is 32.2. The van der Waals surface area contributed by atoms with Gasteiger partial charge in [0.05, 0.1) is 35.8 Å². The Morgan fingerprint density at radius 1 is 1.00 bits per heavy atom. The normalized spacial score (nSPS) is 10.7. The van der Waals surface area contributed by atoms with Crippen molar-refractivity contribution in [2.24, 2.45) is 0 Å². The highest BCUT2D eigenvalue weighted by Gasteiger charge is 2.16. The molecule has 4 rings (SSSR count). The van der Waals surface area contributed by atoms with Crippen LogP contribution in [0.2, 0.25) is 0 Å². The van der Waals surface area contributed by atoms with Crippen LogP contribution in [-0.4, -0.2) is 36.8 Å². The number of aromatic nitrogens is 1. The molecule has 0 aliphatic heterocycles. The van der Waals surface area contributed by atoms with E-state index in [2.05, 4.69) is 15.6 Å². The minimum Gasteiger partial charge on any atom is -0.493 e. The summed E-state index contributed by atoms with van der Waals surface area (Å²) in [5.41, 5.74) is 1.59. The van der Waals surface area contributed by atoms with Crippen molar-refractivity contribution in [3.8, 4) is 11.5 Å². The number of methoxy groups -OCH3 is 2. The topological polar surface area (TPSA) is 89.5 Å². The number of thiazole rings is 1. The number of halogens is 1. The molecule has 10 heteroatoms. The summed E-state index contributed by atoms with van der Waals surface area (Å²) in [4.78, 5) is 30.4. The molecule has 0 radical (unpaired) electrons. The smallest absolute Gasteiger partial charge is 0.258 e. The predicted molar refractivity (Wildman–Crippen MR) is 133 cm³/mol. The summed E-state index contributed by atoms with van der Waals surface area (Å²) in [6.07, 6.45) is 0. The number of carbonyl (C=O) groups is 2. The molecule has 0 aliphatic carbocycles. The number of thioether (sulfide) groups is 1. The summed E-state index contributed by atoms with van der Waals surface area (Å²) in [6.45, 7) is 0. The Hall–Kier alpha value is -3.63. The molecule has 2 amide bonds. The highest BCUT2D eigenvalue weighted by Crippen LogP contribution is 2.31. The molecule has 4 aromatic rings. The molecule has 34 heavy (non-hydrogen) atoms. The first-order chi connectivity index (χ1) is 16.5. The maximum Gasteiger partial charge on any atom is 0.258 e. The van der Waals surface area contributed by atoms with Crippen LogP contribution in [0.4, 0.5) is 15.2 Å². The number of nitrogens with zero attached hydrogens (tertiary/aromatic N) is 1. The van der Waals surface area contributed by atoms with Crippen molar-refractivity contribution in [3.63, 3.8) is 0 Å². The van der Waals surface area contributed by atoms with Crippen LogP contribution < -0.4 is 20.1 Å². The Labute approximate surface area is 203 Å². The quantitative estimate of drug-likeness (QED) is 0.315. The molecule has 0 aliphatic rings. The van der Waals surface area contributed by atoms with Crippen molar-refractivity contribution in [1.82, 2.24) is 4.98 Å². The summed E-state index contributed by atoms with van der Waals surface area (Å²) in [5, 5.41) is 5.95. The largest absolute Gasteiger partial charge is 0.493 e. The molecule has 0 saturated carbocycles. The van der Waals surface area contributed by atoms with E-state index in [1.807, 2.05) is 0 Å². The van der Waals surface area contributed by atoms with E-state index < -0.39 is 0 Å². The van der Waals surface area contributed by atoms with E-state index in [0.717, 1.165) is 0 Å². The molecule has 174 valence electrons. The number of rotatable bonds is 8. The highest BCUT2D eigenvalue weighted by molar-refractivity contribution is 8.00. The zero-order chi connectivity index (χ0) is 24.1. The molecule has 0 fully saturated rings. The summed E-state index contributed by atoms with van der Waals surface area (Å²) in [6, 6.07) is 16.4. The fourth-order valence-electron chi connectivity index (χ4n) is 3.15. The van der Waals surface area contributed by atoms with Crippen molar-refractivity contribution in [3.05, 3.63) is 72.0 Å². The number of amides is 2. The third-order valence-electron chi connectivity index (χ3n) is 4.73. The number of fused-ring (bicyclic) bond motifs is 1. The number of ether oxygens (including phenoxy) is 2. The number of benzene rings is 3. The number of hydrogen-bond acceptors (Lipinski definition) is 7. The van der Waals surface area contributed by atoms with E-state index in [-0.39, 0.29) is 23.4 Å². The average Bonchev–Trinajstić information content (AvgIpc) is 3.24. The van der Waals surface area contributed by atoms with E-state index in [4.69, 9.17) is 9.47 Å². The van der Waals surface area contributed by atoms with Crippen LogP contribution >= 0.6 is 23.1 Å². The Bertz CT molecular complexity index is 1360. The van der Waals surface area contributed by atoms with E-state index in [0.29, 0.717) is 43.0 Å². The monoisotopic (exact) mass is 497 g/mol. The van der Waals surface area contributed by atoms with Gasteiger partial charge in [-0.3, -0.25) is 14.9 Å². The third-order valence-corrected chi connectivity index (χ3v) is 6.74. The Kier molecular flexibility index (Phi) is 7.29. The van der Waals surface area contributed by atoms with Crippen LogP contribution in [0.1, 0.15) is 10.4 Å². The lowest BCUT2D eigenvalue weighted by Crippen LogP contribution is -2.16. The van der Waals surface area contributed by atoms with Gasteiger partial charge in [0, 0.05) is 16.6 Å². The van der Waals surface area contributed by atoms with E-state index in [9.17, 15) is 14.0 Å².